The average Bonchev–Trinajstić information content (AvgIpc) is 2.46. The number of carbonyl (C=O) groups excluding carboxylic acids is 1. The van der Waals surface area contributed by atoms with Gasteiger partial charge in [-0.15, -0.1) is 0 Å². The minimum atomic E-state index is -1.16. The number of benzene rings is 1. The number of hydrogen-bond acceptors (Lipinski definition) is 4. The van der Waals surface area contributed by atoms with Gasteiger partial charge in [-0.05, 0) is 0 Å². The molecule has 1 aromatic carbocycles. The maximum absolute atomic E-state index is 12.0. The summed E-state index contributed by atoms with van der Waals surface area (Å²) in [7, 11) is 0. The Morgan fingerprint density at radius 1 is 1.15 bits per heavy atom. The van der Waals surface area contributed by atoms with E-state index in [4.69, 9.17) is 9.84 Å². The summed E-state index contributed by atoms with van der Waals surface area (Å²) in [6, 6.07) is 12.3. The number of rotatable bonds is 4. The molecule has 2 rings (SSSR count). The van der Waals surface area contributed by atoms with Crippen molar-refractivity contribution in [2.45, 2.75) is 6.61 Å². The molecule has 1 aromatic heterocycles. The van der Waals surface area contributed by atoms with Crippen LogP contribution in [0, 0.1) is 0 Å². The molecule has 0 saturated carbocycles. The second-order valence-corrected chi connectivity index (χ2v) is 7.30. The fourth-order valence-corrected chi connectivity index (χ4v) is 3.02. The number of aromatic nitrogens is 1. The van der Waals surface area contributed by atoms with Crippen LogP contribution in [0.1, 0.15) is 26.5 Å². The van der Waals surface area contributed by atoms with E-state index in [1.807, 2.05) is 30.3 Å². The Morgan fingerprint density at radius 3 is 2.50 bits per heavy atom. The summed E-state index contributed by atoms with van der Waals surface area (Å²) >= 11 is 0.0299. The van der Waals surface area contributed by atoms with E-state index in [1.165, 1.54) is 6.07 Å². The van der Waals surface area contributed by atoms with Gasteiger partial charge in [0, 0.05) is 0 Å². The number of carbonyl (C=O) groups is 2. The number of aromatic carboxylic acids is 1. The van der Waals surface area contributed by atoms with Crippen molar-refractivity contribution in [3.63, 3.8) is 0 Å². The molecule has 0 saturated heterocycles. The summed E-state index contributed by atoms with van der Waals surface area (Å²) in [4.78, 5) is 26.7. The van der Waals surface area contributed by atoms with Gasteiger partial charge in [0.05, 0.1) is 0 Å². The van der Waals surface area contributed by atoms with E-state index in [0.717, 1.165) is 9.14 Å². The summed E-state index contributed by atoms with van der Waals surface area (Å²) in [6.07, 6.45) is 0. The van der Waals surface area contributed by atoms with Crippen molar-refractivity contribution in [3.05, 3.63) is 59.4 Å². The van der Waals surface area contributed by atoms with E-state index in [9.17, 15) is 9.59 Å². The first-order chi connectivity index (χ1) is 9.58. The zero-order chi connectivity index (χ0) is 14.5. The van der Waals surface area contributed by atoms with Gasteiger partial charge in [-0.1, -0.05) is 0 Å². The number of pyridine rings is 1. The number of nitrogens with zero attached hydrogens (tertiary/aromatic N) is 1. The van der Waals surface area contributed by atoms with Gasteiger partial charge in [-0.2, -0.15) is 0 Å². The molecule has 0 fully saturated rings. The minimum absolute atomic E-state index is 0.0299. The average molecular weight is 378 g/mol. The van der Waals surface area contributed by atoms with Crippen LogP contribution >= 0.6 is 0 Å². The van der Waals surface area contributed by atoms with Gasteiger partial charge in [0.1, 0.15) is 0 Å². The Bertz CT molecular complexity index is 643. The van der Waals surface area contributed by atoms with Gasteiger partial charge < -0.3 is 0 Å². The third-order valence-electron chi connectivity index (χ3n) is 2.72. The molecule has 0 spiro atoms. The van der Waals surface area contributed by atoms with Crippen molar-refractivity contribution in [1.29, 1.82) is 0 Å². The zero-order valence-corrected chi connectivity index (χ0v) is 16.6. The van der Waals surface area contributed by atoms with Crippen molar-refractivity contribution < 1.29 is 19.4 Å². The van der Waals surface area contributed by atoms with Crippen LogP contribution in [-0.4, -0.2) is 44.6 Å². The molecule has 0 aliphatic heterocycles. The first kappa shape index (κ1) is 14.5. The molecule has 0 aliphatic rings. The Hall–Kier alpha value is -1.89. The fourth-order valence-electron chi connectivity index (χ4n) is 1.65. The molecule has 1 N–H and O–H groups in total. The van der Waals surface area contributed by atoms with Crippen LogP contribution in [0.15, 0.2) is 42.5 Å². The van der Waals surface area contributed by atoms with Gasteiger partial charge >= 0.3 is 128 Å². The van der Waals surface area contributed by atoms with Crippen molar-refractivity contribution in [1.82, 2.24) is 4.98 Å². The van der Waals surface area contributed by atoms with Crippen molar-refractivity contribution in [2.24, 2.45) is 0 Å². The van der Waals surface area contributed by atoms with E-state index in [0.29, 0.717) is 0 Å². The maximum atomic E-state index is 12.0. The summed E-state index contributed by atoms with van der Waals surface area (Å²) in [5.41, 5.74) is 0.849. The molecule has 1 heterocycles. The molecule has 0 unspecified atom stereocenters. The van der Waals surface area contributed by atoms with Gasteiger partial charge in [0.2, 0.25) is 0 Å². The Labute approximate surface area is 128 Å². The molecular formula is C14H13NO4Sn. The number of hydrogen-bond donors (Lipinski definition) is 1. The van der Waals surface area contributed by atoms with Crippen molar-refractivity contribution in [3.8, 4) is 0 Å². The van der Waals surface area contributed by atoms with Crippen LogP contribution in [0.25, 0.3) is 0 Å². The molecular weight excluding hydrogens is 365 g/mol. The van der Waals surface area contributed by atoms with Crippen LogP contribution in [-0.2, 0) is 11.3 Å². The van der Waals surface area contributed by atoms with Gasteiger partial charge in [0.25, 0.3) is 0 Å². The van der Waals surface area contributed by atoms with Gasteiger partial charge in [0.15, 0.2) is 0 Å². The third kappa shape index (κ3) is 3.57. The van der Waals surface area contributed by atoms with E-state index < -0.39 is 11.9 Å². The summed E-state index contributed by atoms with van der Waals surface area (Å²) in [5, 5.41) is 8.89. The molecule has 0 radical (unpaired) electrons. The fraction of sp³-hybridized carbons (Fsp3) is 0.0714. The summed E-state index contributed by atoms with van der Waals surface area (Å²) in [6.45, 7) is 0.146. The van der Waals surface area contributed by atoms with Crippen molar-refractivity contribution >= 4 is 38.0 Å². The number of ether oxygens (including phenoxy) is 1. The number of carboxylic acids is 1. The first-order valence-electron chi connectivity index (χ1n) is 6.00. The van der Waals surface area contributed by atoms with E-state index in [1.54, 1.807) is 6.07 Å². The topological polar surface area (TPSA) is 76.5 Å². The second kappa shape index (κ2) is 6.51. The summed E-state index contributed by atoms with van der Waals surface area (Å²) in [5.74, 6) is -1.73. The standard InChI is InChI=1S/C14H10NO4.Sn.3H/c16-13(17)11-7-4-8-12(15-11)14(18)19-9-10-5-2-1-3-6-10;;;;/h1-7H,9H2,(H,16,17);;;;. The van der Waals surface area contributed by atoms with Crippen molar-refractivity contribution in [2.75, 3.05) is 0 Å². The van der Waals surface area contributed by atoms with Gasteiger partial charge in [-0.25, -0.2) is 0 Å². The quantitative estimate of drug-likeness (QED) is 0.605. The molecule has 0 amide bonds. The van der Waals surface area contributed by atoms with E-state index in [2.05, 4.69) is 4.98 Å². The molecule has 0 aliphatic carbocycles. The molecule has 0 atom stereocenters. The van der Waals surface area contributed by atoms with Gasteiger partial charge in [-0.3, -0.25) is 0 Å². The molecule has 6 heteroatoms. The van der Waals surface area contributed by atoms with Crippen LogP contribution in [0.3, 0.4) is 0 Å². The number of carboxylic acid groups (broad SMARTS) is 1. The van der Waals surface area contributed by atoms with Crippen LogP contribution < -0.4 is 3.58 Å². The predicted octanol–water partition coefficient (Wildman–Crippen LogP) is 0.127. The monoisotopic (exact) mass is 379 g/mol. The predicted molar refractivity (Wildman–Crippen MR) is 76.3 cm³/mol. The molecule has 102 valence electrons. The van der Waals surface area contributed by atoms with Crippen LogP contribution in [0.5, 0.6) is 0 Å². The summed E-state index contributed by atoms with van der Waals surface area (Å²) < 4.78 is 5.96. The first-order valence-corrected chi connectivity index (χ1v) is 8.85. The van der Waals surface area contributed by atoms with Crippen LogP contribution in [0.2, 0.25) is 0 Å². The molecule has 20 heavy (non-hydrogen) atoms. The molecule has 0 bridgehead atoms. The zero-order valence-electron chi connectivity index (χ0n) is 10.9. The Kier molecular flexibility index (Phi) is 4.73. The van der Waals surface area contributed by atoms with E-state index >= 15 is 0 Å². The molecule has 2 aromatic rings. The normalized spacial score (nSPS) is 10.2. The SMILES string of the molecule is O=C(O)c1cc[c]([SnH3])c(C(=O)OCc2ccccc2)n1. The second-order valence-electron chi connectivity index (χ2n) is 4.23. The third-order valence-corrected chi connectivity index (χ3v) is 5.03. The number of esters is 1. The van der Waals surface area contributed by atoms with E-state index in [-0.39, 0.29) is 40.5 Å². The Balaban J connectivity index is 2.13. The van der Waals surface area contributed by atoms with Crippen LogP contribution in [0.4, 0.5) is 0 Å². The Morgan fingerprint density at radius 2 is 1.85 bits per heavy atom. The molecule has 5 nitrogen and oxygen atoms in total.